The van der Waals surface area contributed by atoms with Gasteiger partial charge in [-0.15, -0.1) is 0 Å². The molecule has 0 aliphatic carbocycles. The molecule has 0 saturated carbocycles. The summed E-state index contributed by atoms with van der Waals surface area (Å²) in [5.74, 6) is 1.68. The number of nitrogens with zero attached hydrogens (tertiary/aromatic N) is 4. The summed E-state index contributed by atoms with van der Waals surface area (Å²) >= 11 is 0. The zero-order valence-electron chi connectivity index (χ0n) is 30.7. The molecule has 5 heteroatoms. The van der Waals surface area contributed by atoms with E-state index in [9.17, 15) is 5.26 Å². The van der Waals surface area contributed by atoms with E-state index in [-0.39, 0.29) is 0 Å². The monoisotopic (exact) mass is 728 g/mol. The number of hydrogen-bond acceptors (Lipinski definition) is 5. The summed E-state index contributed by atoms with van der Waals surface area (Å²) in [6, 6.07) is 68.2. The fraction of sp³-hybridized carbons (Fsp3) is 0. The first kappa shape index (κ1) is 33.6. The Bertz CT molecular complexity index is 3130. The maximum Gasteiger partial charge on any atom is 0.164 e. The Morgan fingerprint density at radius 2 is 0.842 bits per heavy atom. The normalized spacial score (nSPS) is 11.1. The topological polar surface area (TPSA) is 75.6 Å². The summed E-state index contributed by atoms with van der Waals surface area (Å²) in [4.78, 5) is 14.9. The first-order valence-electron chi connectivity index (χ1n) is 18.8. The number of furan rings is 1. The van der Waals surface area contributed by atoms with Crippen molar-refractivity contribution in [2.75, 3.05) is 0 Å². The van der Waals surface area contributed by atoms with Gasteiger partial charge in [0.15, 0.2) is 17.5 Å². The fourth-order valence-corrected chi connectivity index (χ4v) is 7.56. The van der Waals surface area contributed by atoms with Crippen LogP contribution in [0.25, 0.3) is 101 Å². The Morgan fingerprint density at radius 3 is 1.54 bits per heavy atom. The second kappa shape index (κ2) is 14.4. The summed E-state index contributed by atoms with van der Waals surface area (Å²) in [6.07, 6.45) is 0. The Kier molecular flexibility index (Phi) is 8.48. The summed E-state index contributed by atoms with van der Waals surface area (Å²) in [7, 11) is 0. The van der Waals surface area contributed by atoms with Gasteiger partial charge in [-0.25, -0.2) is 15.0 Å². The van der Waals surface area contributed by atoms with E-state index in [2.05, 4.69) is 103 Å². The Hall–Kier alpha value is -7.94. The Labute approximate surface area is 329 Å². The van der Waals surface area contributed by atoms with Crippen LogP contribution in [-0.2, 0) is 0 Å². The van der Waals surface area contributed by atoms with Crippen molar-refractivity contribution in [3.63, 3.8) is 0 Å². The largest absolute Gasteiger partial charge is 0.456 e. The van der Waals surface area contributed by atoms with Crippen LogP contribution < -0.4 is 0 Å². The molecule has 0 bridgehead atoms. The molecule has 266 valence electrons. The van der Waals surface area contributed by atoms with Gasteiger partial charge in [0, 0.05) is 27.5 Å². The minimum Gasteiger partial charge on any atom is -0.456 e. The van der Waals surface area contributed by atoms with Gasteiger partial charge >= 0.3 is 0 Å². The predicted octanol–water partition coefficient (Wildman–Crippen LogP) is 13.3. The molecular weight excluding hydrogens is 697 g/mol. The van der Waals surface area contributed by atoms with Crippen molar-refractivity contribution in [2.45, 2.75) is 0 Å². The number of nitriles is 1. The van der Waals surface area contributed by atoms with E-state index in [4.69, 9.17) is 19.4 Å². The van der Waals surface area contributed by atoms with Crippen LogP contribution in [0.3, 0.4) is 0 Å². The van der Waals surface area contributed by atoms with Crippen molar-refractivity contribution in [3.8, 4) is 84.7 Å². The highest BCUT2D eigenvalue weighted by atomic mass is 16.3. The molecule has 8 aromatic carbocycles. The third-order valence-electron chi connectivity index (χ3n) is 10.4. The average molecular weight is 729 g/mol. The summed E-state index contributed by atoms with van der Waals surface area (Å²) in [5.41, 5.74) is 13.5. The van der Waals surface area contributed by atoms with Gasteiger partial charge in [-0.05, 0) is 80.9 Å². The first-order chi connectivity index (χ1) is 28.2. The lowest BCUT2D eigenvalue weighted by atomic mass is 9.94. The number of hydrogen-bond donors (Lipinski definition) is 0. The summed E-state index contributed by atoms with van der Waals surface area (Å²) < 4.78 is 6.57. The van der Waals surface area contributed by atoms with Gasteiger partial charge in [0.25, 0.3) is 0 Å². The molecule has 0 aliphatic heterocycles. The third kappa shape index (κ3) is 6.42. The average Bonchev–Trinajstić information content (AvgIpc) is 3.68. The number of aromatic nitrogens is 3. The van der Waals surface area contributed by atoms with Crippen LogP contribution in [0.15, 0.2) is 199 Å². The van der Waals surface area contributed by atoms with Gasteiger partial charge in [0.1, 0.15) is 11.2 Å². The maximum absolute atomic E-state index is 9.67. The lowest BCUT2D eigenvalue weighted by Crippen LogP contribution is -2.00. The number of fused-ring (bicyclic) bond motifs is 3. The molecule has 0 N–H and O–H groups in total. The molecule has 0 fully saturated rings. The smallest absolute Gasteiger partial charge is 0.164 e. The van der Waals surface area contributed by atoms with E-state index in [1.54, 1.807) is 0 Å². The van der Waals surface area contributed by atoms with E-state index in [0.717, 1.165) is 66.4 Å². The van der Waals surface area contributed by atoms with Crippen LogP contribution in [0.2, 0.25) is 0 Å². The quantitative estimate of drug-likeness (QED) is 0.163. The first-order valence-corrected chi connectivity index (χ1v) is 18.8. The van der Waals surface area contributed by atoms with Gasteiger partial charge in [-0.3, -0.25) is 0 Å². The zero-order valence-corrected chi connectivity index (χ0v) is 30.7. The van der Waals surface area contributed by atoms with E-state index in [0.29, 0.717) is 23.0 Å². The Morgan fingerprint density at radius 1 is 0.351 bits per heavy atom. The van der Waals surface area contributed by atoms with Gasteiger partial charge in [-0.2, -0.15) is 5.26 Å². The van der Waals surface area contributed by atoms with Gasteiger partial charge in [-0.1, -0.05) is 158 Å². The molecular formula is C52H32N4O. The van der Waals surface area contributed by atoms with Crippen LogP contribution in [0.4, 0.5) is 0 Å². The van der Waals surface area contributed by atoms with Crippen LogP contribution in [-0.4, -0.2) is 15.0 Å². The molecule has 10 aromatic rings. The highest BCUT2D eigenvalue weighted by Crippen LogP contribution is 2.39. The molecule has 0 atom stereocenters. The van der Waals surface area contributed by atoms with Crippen molar-refractivity contribution in [3.05, 3.63) is 200 Å². The molecule has 0 saturated heterocycles. The molecule has 0 aliphatic rings. The summed E-state index contributed by atoms with van der Waals surface area (Å²) in [6.45, 7) is 0. The second-order valence-electron chi connectivity index (χ2n) is 13.9. The summed E-state index contributed by atoms with van der Waals surface area (Å²) in [5, 5.41) is 11.8. The highest BCUT2D eigenvalue weighted by molar-refractivity contribution is 6.13. The van der Waals surface area contributed by atoms with Crippen molar-refractivity contribution in [1.82, 2.24) is 15.0 Å². The standard InChI is InChI=1S/C52H32N4O/c53-33-43-16-7-8-21-44(43)35-24-26-37(27-25-35)51-54-50(36-14-5-2-6-15-36)55-52(56-51)42-28-29-46-48(32-42)57-47-23-11-22-45(49(46)47)41-20-10-19-40(31-41)39-18-9-17-38(30-39)34-12-3-1-4-13-34/h1-32H. The van der Waals surface area contributed by atoms with Crippen molar-refractivity contribution in [1.29, 1.82) is 5.26 Å². The van der Waals surface area contributed by atoms with Crippen LogP contribution in [0, 0.1) is 11.3 Å². The van der Waals surface area contributed by atoms with E-state index in [1.165, 1.54) is 16.7 Å². The van der Waals surface area contributed by atoms with Crippen molar-refractivity contribution in [2.24, 2.45) is 0 Å². The molecule has 0 unspecified atom stereocenters. The maximum atomic E-state index is 9.67. The molecule has 5 nitrogen and oxygen atoms in total. The predicted molar refractivity (Wildman–Crippen MR) is 230 cm³/mol. The molecule has 2 heterocycles. The molecule has 0 radical (unpaired) electrons. The van der Waals surface area contributed by atoms with Gasteiger partial charge in [0.2, 0.25) is 0 Å². The molecule has 57 heavy (non-hydrogen) atoms. The SMILES string of the molecule is N#Cc1ccccc1-c1ccc(-c2nc(-c3ccccc3)nc(-c3ccc4c(c3)oc3cccc(-c5cccc(-c6cccc(-c7ccccc7)c6)c5)c34)n2)cc1. The van der Waals surface area contributed by atoms with Gasteiger partial charge in [0.05, 0.1) is 11.6 Å². The minimum atomic E-state index is 0.547. The minimum absolute atomic E-state index is 0.547. The Balaban J connectivity index is 1.04. The van der Waals surface area contributed by atoms with Crippen molar-refractivity contribution < 1.29 is 4.42 Å². The van der Waals surface area contributed by atoms with E-state index < -0.39 is 0 Å². The molecule has 0 spiro atoms. The van der Waals surface area contributed by atoms with Gasteiger partial charge < -0.3 is 4.42 Å². The van der Waals surface area contributed by atoms with Crippen LogP contribution >= 0.6 is 0 Å². The number of rotatable bonds is 7. The van der Waals surface area contributed by atoms with E-state index in [1.807, 2.05) is 97.1 Å². The molecule has 0 amide bonds. The highest BCUT2D eigenvalue weighted by Gasteiger charge is 2.17. The fourth-order valence-electron chi connectivity index (χ4n) is 7.56. The number of benzene rings is 8. The molecule has 10 rings (SSSR count). The van der Waals surface area contributed by atoms with Crippen LogP contribution in [0.1, 0.15) is 5.56 Å². The molecule has 2 aromatic heterocycles. The third-order valence-corrected chi connectivity index (χ3v) is 10.4. The lowest BCUT2D eigenvalue weighted by molar-refractivity contribution is 0.669. The lowest BCUT2D eigenvalue weighted by Gasteiger charge is -2.10. The van der Waals surface area contributed by atoms with Crippen molar-refractivity contribution >= 4 is 21.9 Å². The zero-order chi connectivity index (χ0) is 38.1. The second-order valence-corrected chi connectivity index (χ2v) is 13.9. The van der Waals surface area contributed by atoms with E-state index >= 15 is 0 Å². The van der Waals surface area contributed by atoms with Crippen LogP contribution in [0.5, 0.6) is 0 Å².